The van der Waals surface area contributed by atoms with Crippen molar-refractivity contribution < 1.29 is 18.7 Å². The van der Waals surface area contributed by atoms with Crippen LogP contribution in [-0.4, -0.2) is 28.0 Å². The number of halogens is 1. The zero-order valence-electron chi connectivity index (χ0n) is 12.2. The lowest BCUT2D eigenvalue weighted by Crippen LogP contribution is -2.07. The van der Waals surface area contributed by atoms with Crippen molar-refractivity contribution in [3.8, 4) is 11.5 Å². The lowest BCUT2D eigenvalue weighted by atomic mass is 10.2. The fourth-order valence-corrected chi connectivity index (χ4v) is 2.00. The van der Waals surface area contributed by atoms with Crippen LogP contribution >= 0.6 is 0 Å². The number of carbonyl (C=O) groups is 1. The molecule has 7 heteroatoms. The van der Waals surface area contributed by atoms with E-state index in [-0.39, 0.29) is 12.2 Å². The fourth-order valence-electron chi connectivity index (χ4n) is 2.00. The first-order chi connectivity index (χ1) is 11.2. The van der Waals surface area contributed by atoms with Crippen LogP contribution in [-0.2, 0) is 16.0 Å². The summed E-state index contributed by atoms with van der Waals surface area (Å²) in [6.45, 7) is 0. The van der Waals surface area contributed by atoms with Crippen molar-refractivity contribution in [2.45, 2.75) is 6.42 Å². The number of aromatic nitrogens is 3. The summed E-state index contributed by atoms with van der Waals surface area (Å²) >= 11 is 0. The zero-order valence-corrected chi connectivity index (χ0v) is 12.2. The van der Waals surface area contributed by atoms with Crippen LogP contribution in [0.1, 0.15) is 5.82 Å². The van der Waals surface area contributed by atoms with E-state index in [0.717, 1.165) is 0 Å². The molecule has 116 valence electrons. The average Bonchev–Trinajstić information content (AvgIpc) is 2.57. The molecule has 2 heterocycles. The first kappa shape index (κ1) is 14.8. The normalized spacial score (nSPS) is 10.5. The second-order valence-electron chi connectivity index (χ2n) is 4.66. The lowest BCUT2D eigenvalue weighted by molar-refractivity contribution is -0.139. The Balaban J connectivity index is 1.85. The molecule has 3 aromatic rings. The van der Waals surface area contributed by atoms with Gasteiger partial charge in [-0.2, -0.15) is 0 Å². The number of hydrogen-bond acceptors (Lipinski definition) is 6. The van der Waals surface area contributed by atoms with E-state index in [1.54, 1.807) is 18.3 Å². The zero-order chi connectivity index (χ0) is 16.2. The minimum atomic E-state index is -0.422. The van der Waals surface area contributed by atoms with Crippen LogP contribution in [0.4, 0.5) is 4.39 Å². The molecule has 0 atom stereocenters. The van der Waals surface area contributed by atoms with E-state index in [1.807, 2.05) is 0 Å². The number of esters is 1. The second-order valence-corrected chi connectivity index (χ2v) is 4.66. The van der Waals surface area contributed by atoms with Crippen LogP contribution in [0.5, 0.6) is 11.5 Å². The number of pyridine rings is 1. The van der Waals surface area contributed by atoms with Gasteiger partial charge in [0, 0.05) is 11.6 Å². The highest BCUT2D eigenvalue weighted by Crippen LogP contribution is 2.28. The Labute approximate surface area is 130 Å². The summed E-state index contributed by atoms with van der Waals surface area (Å²) in [6, 6.07) is 5.89. The Morgan fingerprint density at radius 1 is 1.17 bits per heavy atom. The molecular formula is C16H12FN3O3. The summed E-state index contributed by atoms with van der Waals surface area (Å²) in [5, 5.41) is 0.547. The molecule has 0 aliphatic rings. The molecule has 0 aliphatic carbocycles. The SMILES string of the molecule is COC(=O)Cc1ncc(Oc2ccnc3ccc(F)cc23)cn1. The molecule has 0 fully saturated rings. The second kappa shape index (κ2) is 6.35. The van der Waals surface area contributed by atoms with Crippen LogP contribution < -0.4 is 4.74 Å². The van der Waals surface area contributed by atoms with E-state index >= 15 is 0 Å². The molecule has 0 amide bonds. The molecular weight excluding hydrogens is 301 g/mol. The molecule has 0 N–H and O–H groups in total. The van der Waals surface area contributed by atoms with E-state index in [1.165, 1.54) is 31.6 Å². The Morgan fingerprint density at radius 3 is 2.70 bits per heavy atom. The van der Waals surface area contributed by atoms with Crippen LogP contribution in [0.15, 0.2) is 42.9 Å². The van der Waals surface area contributed by atoms with Gasteiger partial charge < -0.3 is 9.47 Å². The third-order valence-corrected chi connectivity index (χ3v) is 3.10. The van der Waals surface area contributed by atoms with Gasteiger partial charge in [-0.15, -0.1) is 0 Å². The quantitative estimate of drug-likeness (QED) is 0.689. The molecule has 6 nitrogen and oxygen atoms in total. The topological polar surface area (TPSA) is 74.2 Å². The van der Waals surface area contributed by atoms with E-state index in [4.69, 9.17) is 4.74 Å². The number of benzene rings is 1. The summed E-state index contributed by atoms with van der Waals surface area (Å²) in [7, 11) is 1.30. The summed E-state index contributed by atoms with van der Waals surface area (Å²) in [5.41, 5.74) is 0.618. The summed E-state index contributed by atoms with van der Waals surface area (Å²) in [4.78, 5) is 23.4. The number of rotatable bonds is 4. The van der Waals surface area contributed by atoms with Gasteiger partial charge in [-0.1, -0.05) is 0 Å². The molecule has 0 spiro atoms. The van der Waals surface area contributed by atoms with Crippen molar-refractivity contribution in [2.75, 3.05) is 7.11 Å². The van der Waals surface area contributed by atoms with Gasteiger partial charge in [0.1, 0.15) is 23.8 Å². The number of ether oxygens (including phenoxy) is 2. The van der Waals surface area contributed by atoms with E-state index in [2.05, 4.69) is 19.7 Å². The van der Waals surface area contributed by atoms with Gasteiger partial charge in [0.15, 0.2) is 5.75 Å². The van der Waals surface area contributed by atoms with Crippen LogP contribution in [0.2, 0.25) is 0 Å². The van der Waals surface area contributed by atoms with E-state index in [9.17, 15) is 9.18 Å². The standard InChI is InChI=1S/C16H12FN3O3/c1-22-16(21)7-15-19-8-11(9-20-15)23-14-4-5-18-13-3-2-10(17)6-12(13)14/h2-6,8-9H,7H2,1H3. The van der Waals surface area contributed by atoms with Gasteiger partial charge in [0.2, 0.25) is 0 Å². The fraction of sp³-hybridized carbons (Fsp3) is 0.125. The highest BCUT2D eigenvalue weighted by molar-refractivity contribution is 5.85. The Morgan fingerprint density at radius 2 is 1.96 bits per heavy atom. The largest absolute Gasteiger partial charge is 0.469 e. The van der Waals surface area contributed by atoms with Crippen LogP contribution in [0.25, 0.3) is 10.9 Å². The van der Waals surface area contributed by atoms with Gasteiger partial charge in [0.05, 0.1) is 25.0 Å². The van der Waals surface area contributed by atoms with E-state index in [0.29, 0.717) is 28.2 Å². The molecule has 0 aliphatic heterocycles. The Bertz CT molecular complexity index is 853. The van der Waals surface area contributed by atoms with Gasteiger partial charge in [-0.25, -0.2) is 14.4 Å². The molecule has 23 heavy (non-hydrogen) atoms. The number of nitrogens with zero attached hydrogens (tertiary/aromatic N) is 3. The smallest absolute Gasteiger partial charge is 0.313 e. The van der Waals surface area contributed by atoms with Gasteiger partial charge in [0.25, 0.3) is 0 Å². The molecule has 0 unspecified atom stereocenters. The lowest BCUT2D eigenvalue weighted by Gasteiger charge is -2.08. The summed E-state index contributed by atoms with van der Waals surface area (Å²) < 4.78 is 23.6. The first-order valence-electron chi connectivity index (χ1n) is 6.75. The molecule has 1 aromatic carbocycles. The first-order valence-corrected chi connectivity index (χ1v) is 6.75. The average molecular weight is 313 g/mol. The van der Waals surface area contributed by atoms with Crippen LogP contribution in [0, 0.1) is 5.82 Å². The van der Waals surface area contributed by atoms with E-state index < -0.39 is 5.97 Å². The number of hydrogen-bond donors (Lipinski definition) is 0. The highest BCUT2D eigenvalue weighted by atomic mass is 19.1. The number of carbonyl (C=O) groups excluding carboxylic acids is 1. The maximum Gasteiger partial charge on any atom is 0.313 e. The molecule has 2 aromatic heterocycles. The van der Waals surface area contributed by atoms with Crippen molar-refractivity contribution in [1.29, 1.82) is 0 Å². The van der Waals surface area contributed by atoms with Crippen molar-refractivity contribution >= 4 is 16.9 Å². The molecule has 0 radical (unpaired) electrons. The maximum atomic E-state index is 13.4. The third kappa shape index (κ3) is 3.39. The van der Waals surface area contributed by atoms with Crippen molar-refractivity contribution in [2.24, 2.45) is 0 Å². The predicted octanol–water partition coefficient (Wildman–Crippen LogP) is 2.67. The minimum Gasteiger partial charge on any atom is -0.469 e. The number of fused-ring (bicyclic) bond motifs is 1. The Kier molecular flexibility index (Phi) is 4.09. The summed E-state index contributed by atoms with van der Waals surface area (Å²) in [5.74, 6) is 0.346. The van der Waals surface area contributed by atoms with Crippen molar-refractivity contribution in [3.05, 3.63) is 54.5 Å². The van der Waals surface area contributed by atoms with Crippen molar-refractivity contribution in [3.63, 3.8) is 0 Å². The molecule has 0 saturated heterocycles. The van der Waals surface area contributed by atoms with Gasteiger partial charge in [-0.05, 0) is 24.3 Å². The van der Waals surface area contributed by atoms with Gasteiger partial charge in [-0.3, -0.25) is 9.78 Å². The predicted molar refractivity (Wildman–Crippen MR) is 79.5 cm³/mol. The molecule has 3 rings (SSSR count). The summed E-state index contributed by atoms with van der Waals surface area (Å²) in [6.07, 6.45) is 4.44. The van der Waals surface area contributed by atoms with Crippen molar-refractivity contribution in [1.82, 2.24) is 15.0 Å². The third-order valence-electron chi connectivity index (χ3n) is 3.10. The molecule has 0 bridgehead atoms. The monoisotopic (exact) mass is 313 g/mol. The number of methoxy groups -OCH3 is 1. The highest BCUT2D eigenvalue weighted by Gasteiger charge is 2.08. The Hall–Kier alpha value is -3.09. The minimum absolute atomic E-state index is 0.0137. The maximum absolute atomic E-state index is 13.4. The molecule has 0 saturated carbocycles. The van der Waals surface area contributed by atoms with Crippen LogP contribution in [0.3, 0.4) is 0 Å². The van der Waals surface area contributed by atoms with Gasteiger partial charge >= 0.3 is 5.97 Å².